The summed E-state index contributed by atoms with van der Waals surface area (Å²) >= 11 is 0. The fourth-order valence-electron chi connectivity index (χ4n) is 1.46. The number of rotatable bonds is 8. The van der Waals surface area contributed by atoms with Crippen molar-refractivity contribution in [2.75, 3.05) is 33.5 Å². The zero-order valence-corrected chi connectivity index (χ0v) is 11.0. The molecular weight excluding hydrogens is 232 g/mol. The van der Waals surface area contributed by atoms with Crippen LogP contribution in [-0.4, -0.2) is 49.3 Å². The molecule has 1 aromatic rings. The van der Waals surface area contributed by atoms with Gasteiger partial charge in [-0.25, -0.2) is 0 Å². The quantitative estimate of drug-likeness (QED) is 0.650. The minimum atomic E-state index is -0.0285. The molecule has 1 rings (SSSR count). The molecule has 0 atom stereocenters. The molecule has 5 nitrogen and oxygen atoms in total. The molecule has 0 spiro atoms. The summed E-state index contributed by atoms with van der Waals surface area (Å²) in [6.07, 6.45) is 1.72. The smallest absolute Gasteiger partial charge is 0.248 e. The van der Waals surface area contributed by atoms with Gasteiger partial charge >= 0.3 is 0 Å². The normalized spacial score (nSPS) is 10.3. The molecule has 0 saturated heterocycles. The minimum absolute atomic E-state index is 0.0285. The highest BCUT2D eigenvalue weighted by Crippen LogP contribution is 2.01. The van der Waals surface area contributed by atoms with Gasteiger partial charge in [-0.05, 0) is 19.1 Å². The molecule has 0 aliphatic heterocycles. The highest BCUT2D eigenvalue weighted by atomic mass is 16.5. The number of hydrogen-bond donors (Lipinski definition) is 0. The maximum atomic E-state index is 11.9. The van der Waals surface area contributed by atoms with Crippen molar-refractivity contribution in [3.8, 4) is 0 Å². The molecule has 0 aliphatic carbocycles. The van der Waals surface area contributed by atoms with E-state index in [1.54, 1.807) is 18.2 Å². The first-order chi connectivity index (χ1) is 8.77. The van der Waals surface area contributed by atoms with E-state index in [2.05, 4.69) is 4.98 Å². The van der Waals surface area contributed by atoms with Gasteiger partial charge in [0.25, 0.3) is 0 Å². The van der Waals surface area contributed by atoms with Crippen LogP contribution in [0.2, 0.25) is 0 Å². The average Bonchev–Trinajstić information content (AvgIpc) is 2.42. The van der Waals surface area contributed by atoms with Crippen molar-refractivity contribution in [2.45, 2.75) is 13.5 Å². The minimum Gasteiger partial charge on any atom is -0.382 e. The standard InChI is InChI=1S/C13H20N2O3/c1-3-15(10-12-6-4-5-7-14-12)13(16)11-18-9-8-17-2/h4-7H,3,8-11H2,1-2H3. The van der Waals surface area contributed by atoms with E-state index in [1.807, 2.05) is 25.1 Å². The van der Waals surface area contributed by atoms with Crippen LogP contribution >= 0.6 is 0 Å². The zero-order valence-electron chi connectivity index (χ0n) is 11.0. The summed E-state index contributed by atoms with van der Waals surface area (Å²) in [6, 6.07) is 5.67. The van der Waals surface area contributed by atoms with Crippen LogP contribution in [-0.2, 0) is 20.8 Å². The van der Waals surface area contributed by atoms with E-state index >= 15 is 0 Å². The van der Waals surface area contributed by atoms with E-state index in [0.29, 0.717) is 26.3 Å². The third-order valence-corrected chi connectivity index (χ3v) is 2.47. The molecule has 0 fully saturated rings. The maximum Gasteiger partial charge on any atom is 0.248 e. The van der Waals surface area contributed by atoms with Crippen LogP contribution in [0.4, 0.5) is 0 Å². The Labute approximate surface area is 108 Å². The molecular formula is C13H20N2O3. The molecule has 18 heavy (non-hydrogen) atoms. The third-order valence-electron chi connectivity index (χ3n) is 2.47. The number of methoxy groups -OCH3 is 1. The first kappa shape index (κ1) is 14.6. The molecule has 0 N–H and O–H groups in total. The second kappa shape index (κ2) is 8.60. The van der Waals surface area contributed by atoms with Crippen molar-refractivity contribution in [1.82, 2.24) is 9.88 Å². The summed E-state index contributed by atoms with van der Waals surface area (Å²) in [5.74, 6) is -0.0285. The molecule has 1 aromatic heterocycles. The lowest BCUT2D eigenvalue weighted by Crippen LogP contribution is -2.34. The van der Waals surface area contributed by atoms with Crippen LogP contribution in [0.3, 0.4) is 0 Å². The van der Waals surface area contributed by atoms with Crippen molar-refractivity contribution >= 4 is 5.91 Å². The van der Waals surface area contributed by atoms with Crippen molar-refractivity contribution in [2.24, 2.45) is 0 Å². The molecule has 0 aliphatic rings. The van der Waals surface area contributed by atoms with E-state index in [9.17, 15) is 4.79 Å². The van der Waals surface area contributed by atoms with Gasteiger partial charge in [0.2, 0.25) is 5.91 Å². The first-order valence-electron chi connectivity index (χ1n) is 6.02. The van der Waals surface area contributed by atoms with Crippen LogP contribution in [0.1, 0.15) is 12.6 Å². The largest absolute Gasteiger partial charge is 0.382 e. The summed E-state index contributed by atoms with van der Waals surface area (Å²) in [7, 11) is 1.60. The van der Waals surface area contributed by atoms with E-state index in [-0.39, 0.29) is 12.5 Å². The number of pyridine rings is 1. The first-order valence-corrected chi connectivity index (χ1v) is 6.02. The summed E-state index contributed by atoms with van der Waals surface area (Å²) in [4.78, 5) is 17.8. The van der Waals surface area contributed by atoms with Gasteiger partial charge in [0.05, 0.1) is 25.5 Å². The zero-order chi connectivity index (χ0) is 13.2. The predicted molar refractivity (Wildman–Crippen MR) is 68.0 cm³/mol. The average molecular weight is 252 g/mol. The molecule has 1 heterocycles. The van der Waals surface area contributed by atoms with Gasteiger partial charge in [-0.2, -0.15) is 0 Å². The Morgan fingerprint density at radius 2 is 2.22 bits per heavy atom. The fourth-order valence-corrected chi connectivity index (χ4v) is 1.46. The van der Waals surface area contributed by atoms with Crippen molar-refractivity contribution in [3.05, 3.63) is 30.1 Å². The number of hydrogen-bond acceptors (Lipinski definition) is 4. The van der Waals surface area contributed by atoms with Crippen LogP contribution < -0.4 is 0 Å². The molecule has 0 radical (unpaired) electrons. The Morgan fingerprint density at radius 3 is 2.83 bits per heavy atom. The van der Waals surface area contributed by atoms with Crippen molar-refractivity contribution in [3.63, 3.8) is 0 Å². The van der Waals surface area contributed by atoms with Gasteiger partial charge in [-0.1, -0.05) is 6.07 Å². The fraction of sp³-hybridized carbons (Fsp3) is 0.538. The van der Waals surface area contributed by atoms with Gasteiger partial charge in [0.15, 0.2) is 0 Å². The van der Waals surface area contributed by atoms with Crippen LogP contribution in [0, 0.1) is 0 Å². The molecule has 5 heteroatoms. The highest BCUT2D eigenvalue weighted by molar-refractivity contribution is 5.77. The summed E-state index contributed by atoms with van der Waals surface area (Å²) < 4.78 is 10.1. The lowest BCUT2D eigenvalue weighted by molar-refractivity contribution is -0.137. The SMILES string of the molecule is CCN(Cc1ccccn1)C(=O)COCCOC. The molecule has 0 bridgehead atoms. The number of aromatic nitrogens is 1. The number of likely N-dealkylation sites (N-methyl/N-ethyl adjacent to an activating group) is 1. The van der Waals surface area contributed by atoms with E-state index in [1.165, 1.54) is 0 Å². The molecule has 0 aromatic carbocycles. The van der Waals surface area contributed by atoms with Gasteiger partial charge in [0, 0.05) is 19.9 Å². The van der Waals surface area contributed by atoms with Crippen LogP contribution in [0.25, 0.3) is 0 Å². The third kappa shape index (κ3) is 5.25. The number of nitrogens with zero attached hydrogens (tertiary/aromatic N) is 2. The van der Waals surface area contributed by atoms with E-state index < -0.39 is 0 Å². The Morgan fingerprint density at radius 1 is 1.39 bits per heavy atom. The Bertz CT molecular complexity index is 343. The topological polar surface area (TPSA) is 51.7 Å². The number of carbonyl (C=O) groups is 1. The maximum absolute atomic E-state index is 11.9. The number of ether oxygens (including phenoxy) is 2. The molecule has 0 saturated carbocycles. The monoisotopic (exact) mass is 252 g/mol. The Kier molecular flexibility index (Phi) is 6.98. The Hall–Kier alpha value is -1.46. The van der Waals surface area contributed by atoms with Gasteiger partial charge in [0.1, 0.15) is 6.61 Å². The number of carbonyl (C=O) groups excluding carboxylic acids is 1. The summed E-state index contributed by atoms with van der Waals surface area (Å²) in [5, 5.41) is 0. The highest BCUT2D eigenvalue weighted by Gasteiger charge is 2.12. The van der Waals surface area contributed by atoms with Crippen molar-refractivity contribution in [1.29, 1.82) is 0 Å². The molecule has 1 amide bonds. The lowest BCUT2D eigenvalue weighted by Gasteiger charge is -2.20. The van der Waals surface area contributed by atoms with E-state index in [0.717, 1.165) is 5.69 Å². The predicted octanol–water partition coefficient (Wildman–Crippen LogP) is 1.09. The second-order valence-corrected chi connectivity index (χ2v) is 3.77. The Balaban J connectivity index is 2.38. The molecule has 100 valence electrons. The number of amides is 1. The van der Waals surface area contributed by atoms with Crippen molar-refractivity contribution < 1.29 is 14.3 Å². The van der Waals surface area contributed by atoms with Crippen LogP contribution in [0.15, 0.2) is 24.4 Å². The summed E-state index contributed by atoms with van der Waals surface area (Å²) in [6.45, 7) is 4.12. The van der Waals surface area contributed by atoms with Gasteiger partial charge < -0.3 is 14.4 Å². The van der Waals surface area contributed by atoms with E-state index in [4.69, 9.17) is 9.47 Å². The van der Waals surface area contributed by atoms with Crippen LogP contribution in [0.5, 0.6) is 0 Å². The lowest BCUT2D eigenvalue weighted by atomic mass is 10.3. The van der Waals surface area contributed by atoms with Gasteiger partial charge in [-0.3, -0.25) is 9.78 Å². The second-order valence-electron chi connectivity index (χ2n) is 3.77. The van der Waals surface area contributed by atoms with Gasteiger partial charge in [-0.15, -0.1) is 0 Å². The molecule has 0 unspecified atom stereocenters. The summed E-state index contributed by atoms with van der Waals surface area (Å²) in [5.41, 5.74) is 0.879.